The number of hydrogen-bond donors (Lipinski definition) is 1. The van der Waals surface area contributed by atoms with Crippen LogP contribution in [0, 0.1) is 11.8 Å². The van der Waals surface area contributed by atoms with Crippen LogP contribution in [0.4, 0.5) is 0 Å². The smallest absolute Gasteiger partial charge is 0.306 e. The van der Waals surface area contributed by atoms with Gasteiger partial charge in [-0.3, -0.25) is 4.79 Å². The number of nitrogens with zero attached hydrogens (tertiary/aromatic N) is 1. The molecule has 2 unspecified atom stereocenters. The summed E-state index contributed by atoms with van der Waals surface area (Å²) in [7, 11) is 0. The van der Waals surface area contributed by atoms with Crippen LogP contribution < -0.4 is 0 Å². The molecule has 2 atom stereocenters. The number of carboxylic acid groups (broad SMARTS) is 1. The molecule has 0 aromatic rings. The number of carboxylic acids is 1. The molecular weight excluding hydrogens is 178 g/mol. The van der Waals surface area contributed by atoms with Gasteiger partial charge in [0.05, 0.1) is 5.92 Å². The van der Waals surface area contributed by atoms with Crippen molar-refractivity contribution in [1.82, 2.24) is 4.90 Å². The molecule has 0 amide bonds. The topological polar surface area (TPSA) is 40.5 Å². The van der Waals surface area contributed by atoms with E-state index >= 15 is 0 Å². The minimum Gasteiger partial charge on any atom is -0.481 e. The fraction of sp³-hybridized carbons (Fsp3) is 0.909. The van der Waals surface area contributed by atoms with E-state index in [4.69, 9.17) is 5.11 Å². The second-order valence-electron chi connectivity index (χ2n) is 4.38. The number of piperidine rings is 1. The molecule has 0 aliphatic carbocycles. The normalized spacial score (nSPS) is 26.0. The lowest BCUT2D eigenvalue weighted by Crippen LogP contribution is -2.36. The van der Waals surface area contributed by atoms with Crippen LogP contribution in [0.2, 0.25) is 0 Å². The van der Waals surface area contributed by atoms with Crippen LogP contribution in [0.1, 0.15) is 33.1 Å². The van der Waals surface area contributed by atoms with Gasteiger partial charge < -0.3 is 10.0 Å². The summed E-state index contributed by atoms with van der Waals surface area (Å²) in [5.74, 6) is -0.245. The molecule has 0 aromatic heterocycles. The molecule has 14 heavy (non-hydrogen) atoms. The summed E-state index contributed by atoms with van der Waals surface area (Å²) in [5, 5.41) is 8.82. The first kappa shape index (κ1) is 11.5. The highest BCUT2D eigenvalue weighted by atomic mass is 16.4. The molecule has 1 N–H and O–H groups in total. The Bertz CT molecular complexity index is 194. The summed E-state index contributed by atoms with van der Waals surface area (Å²) in [6.07, 6.45) is 3.27. The number of aliphatic carboxylic acids is 1. The van der Waals surface area contributed by atoms with Gasteiger partial charge in [0, 0.05) is 6.54 Å². The largest absolute Gasteiger partial charge is 0.481 e. The minimum atomic E-state index is -0.654. The third kappa shape index (κ3) is 3.29. The van der Waals surface area contributed by atoms with E-state index in [1.807, 2.05) is 6.92 Å². The Hall–Kier alpha value is -0.570. The van der Waals surface area contributed by atoms with E-state index in [9.17, 15) is 4.79 Å². The SMILES string of the molecule is CCN1CCCC(CC(C)C(=O)O)C1. The molecule has 0 radical (unpaired) electrons. The molecule has 0 aromatic carbocycles. The van der Waals surface area contributed by atoms with E-state index in [1.54, 1.807) is 0 Å². The van der Waals surface area contributed by atoms with Gasteiger partial charge in [0.25, 0.3) is 0 Å². The highest BCUT2D eigenvalue weighted by Gasteiger charge is 2.23. The molecule has 1 aliphatic heterocycles. The maximum atomic E-state index is 10.7. The molecule has 1 aliphatic rings. The lowest BCUT2D eigenvalue weighted by Gasteiger charge is -2.32. The first-order valence-electron chi connectivity index (χ1n) is 5.58. The Kier molecular flexibility index (Phi) is 4.39. The van der Waals surface area contributed by atoms with Gasteiger partial charge in [-0.25, -0.2) is 0 Å². The van der Waals surface area contributed by atoms with Crippen molar-refractivity contribution in [2.75, 3.05) is 19.6 Å². The van der Waals surface area contributed by atoms with Crippen LogP contribution in [-0.2, 0) is 4.79 Å². The number of hydrogen-bond acceptors (Lipinski definition) is 2. The fourth-order valence-electron chi connectivity index (χ4n) is 2.23. The third-order valence-corrected chi connectivity index (χ3v) is 3.16. The average Bonchev–Trinajstić information content (AvgIpc) is 2.18. The molecule has 1 saturated heterocycles. The molecule has 1 heterocycles. The monoisotopic (exact) mass is 199 g/mol. The van der Waals surface area contributed by atoms with Gasteiger partial charge in [-0.1, -0.05) is 13.8 Å². The van der Waals surface area contributed by atoms with E-state index < -0.39 is 5.97 Å². The lowest BCUT2D eigenvalue weighted by molar-refractivity contribution is -0.141. The predicted octanol–water partition coefficient (Wildman–Crippen LogP) is 1.83. The molecule has 3 nitrogen and oxygen atoms in total. The second-order valence-corrected chi connectivity index (χ2v) is 4.38. The van der Waals surface area contributed by atoms with Crippen molar-refractivity contribution in [2.45, 2.75) is 33.1 Å². The Morgan fingerprint density at radius 3 is 2.93 bits per heavy atom. The van der Waals surface area contributed by atoms with Crippen LogP contribution in [0.3, 0.4) is 0 Å². The molecule has 0 spiro atoms. The number of rotatable bonds is 4. The van der Waals surface area contributed by atoms with Crippen molar-refractivity contribution < 1.29 is 9.90 Å². The summed E-state index contributed by atoms with van der Waals surface area (Å²) < 4.78 is 0. The fourth-order valence-corrected chi connectivity index (χ4v) is 2.23. The molecule has 82 valence electrons. The molecule has 1 rings (SSSR count). The molecule has 0 bridgehead atoms. The van der Waals surface area contributed by atoms with Crippen LogP contribution in [0.5, 0.6) is 0 Å². The van der Waals surface area contributed by atoms with Crippen LogP contribution in [-0.4, -0.2) is 35.6 Å². The molecule has 0 saturated carbocycles. The first-order chi connectivity index (χ1) is 6.63. The maximum Gasteiger partial charge on any atom is 0.306 e. The zero-order valence-electron chi connectivity index (χ0n) is 9.20. The zero-order valence-corrected chi connectivity index (χ0v) is 9.20. The van der Waals surface area contributed by atoms with Crippen molar-refractivity contribution in [3.05, 3.63) is 0 Å². The summed E-state index contributed by atoms with van der Waals surface area (Å²) in [5.41, 5.74) is 0. The summed E-state index contributed by atoms with van der Waals surface area (Å²) in [4.78, 5) is 13.1. The van der Waals surface area contributed by atoms with E-state index in [1.165, 1.54) is 19.4 Å². The highest BCUT2D eigenvalue weighted by molar-refractivity contribution is 5.69. The minimum absolute atomic E-state index is 0.184. The third-order valence-electron chi connectivity index (χ3n) is 3.16. The summed E-state index contributed by atoms with van der Waals surface area (Å²) in [6, 6.07) is 0. The second kappa shape index (κ2) is 5.35. The van der Waals surface area contributed by atoms with Crippen LogP contribution >= 0.6 is 0 Å². The number of likely N-dealkylation sites (tertiary alicyclic amines) is 1. The van der Waals surface area contributed by atoms with Gasteiger partial charge in [-0.05, 0) is 38.3 Å². The van der Waals surface area contributed by atoms with Gasteiger partial charge in [-0.15, -0.1) is 0 Å². The van der Waals surface area contributed by atoms with Crippen molar-refractivity contribution in [1.29, 1.82) is 0 Å². The van der Waals surface area contributed by atoms with E-state index in [0.29, 0.717) is 5.92 Å². The Morgan fingerprint density at radius 2 is 2.36 bits per heavy atom. The summed E-state index contributed by atoms with van der Waals surface area (Å²) in [6.45, 7) is 7.36. The van der Waals surface area contributed by atoms with Crippen molar-refractivity contribution >= 4 is 5.97 Å². The quantitative estimate of drug-likeness (QED) is 0.751. The average molecular weight is 199 g/mol. The van der Waals surface area contributed by atoms with Gasteiger partial charge in [0.2, 0.25) is 0 Å². The van der Waals surface area contributed by atoms with Gasteiger partial charge in [-0.2, -0.15) is 0 Å². The highest BCUT2D eigenvalue weighted by Crippen LogP contribution is 2.23. The first-order valence-corrected chi connectivity index (χ1v) is 5.58. The predicted molar refractivity (Wildman–Crippen MR) is 56.3 cm³/mol. The summed E-state index contributed by atoms with van der Waals surface area (Å²) >= 11 is 0. The Morgan fingerprint density at radius 1 is 1.64 bits per heavy atom. The van der Waals surface area contributed by atoms with Crippen molar-refractivity contribution in [2.24, 2.45) is 11.8 Å². The standard InChI is InChI=1S/C11H21NO2/c1-3-12-6-4-5-10(8-12)7-9(2)11(13)14/h9-10H,3-8H2,1-2H3,(H,13,14). The van der Waals surface area contributed by atoms with Gasteiger partial charge in [0.15, 0.2) is 0 Å². The Labute approximate surface area is 86.1 Å². The van der Waals surface area contributed by atoms with Crippen LogP contribution in [0.15, 0.2) is 0 Å². The van der Waals surface area contributed by atoms with Gasteiger partial charge in [0.1, 0.15) is 0 Å². The van der Waals surface area contributed by atoms with Gasteiger partial charge >= 0.3 is 5.97 Å². The molecule has 1 fully saturated rings. The van der Waals surface area contributed by atoms with Crippen molar-refractivity contribution in [3.63, 3.8) is 0 Å². The zero-order chi connectivity index (χ0) is 10.6. The maximum absolute atomic E-state index is 10.7. The number of carbonyl (C=O) groups is 1. The van der Waals surface area contributed by atoms with E-state index in [0.717, 1.165) is 19.5 Å². The van der Waals surface area contributed by atoms with Crippen LogP contribution in [0.25, 0.3) is 0 Å². The Balaban J connectivity index is 2.33. The molecular formula is C11H21NO2. The van der Waals surface area contributed by atoms with E-state index in [-0.39, 0.29) is 5.92 Å². The van der Waals surface area contributed by atoms with Crippen molar-refractivity contribution in [3.8, 4) is 0 Å². The van der Waals surface area contributed by atoms with E-state index in [2.05, 4.69) is 11.8 Å². The lowest BCUT2D eigenvalue weighted by atomic mass is 9.89. The molecule has 3 heteroatoms.